The lowest BCUT2D eigenvalue weighted by molar-refractivity contribution is -0.147. The van der Waals surface area contributed by atoms with E-state index >= 15 is 0 Å². The second-order valence-electron chi connectivity index (χ2n) is 7.85. The number of hydrogen-bond acceptors (Lipinski definition) is 3. The van der Waals surface area contributed by atoms with Crippen LogP contribution in [-0.2, 0) is 14.4 Å². The summed E-state index contributed by atoms with van der Waals surface area (Å²) >= 11 is 0. The number of hydrogen-bond donors (Lipinski definition) is 1. The average Bonchev–Trinajstić information content (AvgIpc) is 2.70. The summed E-state index contributed by atoms with van der Waals surface area (Å²) in [6.07, 6.45) is 1.03. The molecule has 2 bridgehead atoms. The Balaban J connectivity index is 2.02. The number of aryl methyl sites for hydroxylation is 2. The van der Waals surface area contributed by atoms with Crippen molar-refractivity contribution in [1.29, 1.82) is 0 Å². The molecule has 0 saturated heterocycles. The third kappa shape index (κ3) is 1.75. The lowest BCUT2D eigenvalue weighted by Gasteiger charge is -2.37. The Hall–Kier alpha value is -1.97. The van der Waals surface area contributed by atoms with E-state index in [0.717, 1.165) is 11.1 Å². The third-order valence-corrected chi connectivity index (χ3v) is 6.41. The summed E-state index contributed by atoms with van der Waals surface area (Å²) in [6, 6.07) is 5.78. The van der Waals surface area contributed by atoms with Crippen LogP contribution < -0.4 is 5.32 Å². The van der Waals surface area contributed by atoms with E-state index < -0.39 is 22.0 Å². The summed E-state index contributed by atoms with van der Waals surface area (Å²) in [4.78, 5) is 38.2. The van der Waals surface area contributed by atoms with Crippen molar-refractivity contribution in [3.05, 3.63) is 29.3 Å². The monoisotopic (exact) mass is 313 g/mol. The molecule has 1 N–H and O–H groups in total. The predicted octanol–water partition coefficient (Wildman–Crippen LogP) is 3.21. The number of rotatable bonds is 2. The largest absolute Gasteiger partial charge is 0.325 e. The van der Waals surface area contributed by atoms with Crippen LogP contribution in [-0.4, -0.2) is 17.5 Å². The lowest BCUT2D eigenvalue weighted by atomic mass is 9.64. The molecule has 0 aromatic heterocycles. The van der Waals surface area contributed by atoms with Gasteiger partial charge in [0.1, 0.15) is 5.41 Å². The van der Waals surface area contributed by atoms with Crippen LogP contribution in [0.1, 0.15) is 44.7 Å². The zero-order valence-corrected chi connectivity index (χ0v) is 14.4. The summed E-state index contributed by atoms with van der Waals surface area (Å²) in [6.45, 7) is 9.50. The molecule has 2 fully saturated rings. The van der Waals surface area contributed by atoms with Crippen molar-refractivity contribution < 1.29 is 14.4 Å². The van der Waals surface area contributed by atoms with Crippen LogP contribution in [0.25, 0.3) is 0 Å². The smallest absolute Gasteiger partial charge is 0.239 e. The average molecular weight is 313 g/mol. The Kier molecular flexibility index (Phi) is 3.13. The fraction of sp³-hybridized carbons (Fsp3) is 0.526. The highest BCUT2D eigenvalue weighted by Crippen LogP contribution is 2.69. The minimum absolute atomic E-state index is 0.341. The minimum atomic E-state index is -1.24. The van der Waals surface area contributed by atoms with Gasteiger partial charge in [0, 0.05) is 11.1 Å². The number of benzene rings is 1. The number of ketones is 2. The van der Waals surface area contributed by atoms with E-state index in [1.807, 2.05) is 52.8 Å². The lowest BCUT2D eigenvalue weighted by Crippen LogP contribution is -2.47. The molecule has 1 aromatic carbocycles. The number of fused-ring (bicyclic) bond motifs is 2. The van der Waals surface area contributed by atoms with Gasteiger partial charge < -0.3 is 5.32 Å². The molecule has 2 saturated carbocycles. The summed E-state index contributed by atoms with van der Waals surface area (Å²) < 4.78 is 0. The van der Waals surface area contributed by atoms with Crippen LogP contribution in [0.4, 0.5) is 5.69 Å². The first-order chi connectivity index (χ1) is 10.6. The van der Waals surface area contributed by atoms with Gasteiger partial charge in [0.2, 0.25) is 17.5 Å². The van der Waals surface area contributed by atoms with Gasteiger partial charge in [-0.25, -0.2) is 0 Å². The molecule has 3 rings (SSSR count). The fourth-order valence-electron chi connectivity index (χ4n) is 4.56. The fourth-order valence-corrected chi connectivity index (χ4v) is 4.56. The second kappa shape index (κ2) is 4.53. The Morgan fingerprint density at radius 1 is 0.957 bits per heavy atom. The van der Waals surface area contributed by atoms with Crippen LogP contribution in [0.2, 0.25) is 0 Å². The van der Waals surface area contributed by atoms with E-state index in [4.69, 9.17) is 0 Å². The Morgan fingerprint density at radius 3 is 2.00 bits per heavy atom. The van der Waals surface area contributed by atoms with Crippen molar-refractivity contribution in [2.45, 2.75) is 47.5 Å². The maximum Gasteiger partial charge on any atom is 0.239 e. The molecule has 2 atom stereocenters. The zero-order valence-electron chi connectivity index (χ0n) is 14.4. The van der Waals surface area contributed by atoms with E-state index in [1.165, 1.54) is 0 Å². The van der Waals surface area contributed by atoms with E-state index in [1.54, 1.807) is 0 Å². The zero-order chi connectivity index (χ0) is 17.2. The Morgan fingerprint density at radius 2 is 1.52 bits per heavy atom. The van der Waals surface area contributed by atoms with E-state index in [2.05, 4.69) is 5.32 Å². The normalized spacial score (nSPS) is 31.5. The standard InChI is InChI=1S/C19H23NO3/c1-11-8-12(2)10-13(9-11)20-16(23)19-7-6-18(5,17(19,3)4)14(21)15(19)22/h8-10H,6-7H2,1-5H3,(H,20,23). The van der Waals surface area contributed by atoms with Crippen molar-refractivity contribution in [2.24, 2.45) is 16.2 Å². The Bertz CT molecular complexity index is 729. The van der Waals surface area contributed by atoms with Gasteiger partial charge in [-0.3, -0.25) is 14.4 Å². The first kappa shape index (κ1) is 15.9. The van der Waals surface area contributed by atoms with Crippen molar-refractivity contribution in [2.75, 3.05) is 5.32 Å². The van der Waals surface area contributed by atoms with Crippen LogP contribution in [0, 0.1) is 30.1 Å². The van der Waals surface area contributed by atoms with Gasteiger partial charge in [-0.1, -0.05) is 26.8 Å². The predicted molar refractivity (Wildman–Crippen MR) is 88.1 cm³/mol. The van der Waals surface area contributed by atoms with Crippen LogP contribution in [0.5, 0.6) is 0 Å². The van der Waals surface area contributed by atoms with E-state index in [0.29, 0.717) is 18.5 Å². The summed E-state index contributed by atoms with van der Waals surface area (Å²) in [5, 5.41) is 2.90. The molecule has 1 aromatic rings. The summed E-state index contributed by atoms with van der Waals surface area (Å²) in [5.74, 6) is -1.24. The SMILES string of the molecule is Cc1cc(C)cc(NC(=O)C23CCC(C)(C(=O)C2=O)C3(C)C)c1. The van der Waals surface area contributed by atoms with Crippen LogP contribution >= 0.6 is 0 Å². The molecule has 2 aliphatic carbocycles. The number of nitrogens with one attached hydrogen (secondary N) is 1. The van der Waals surface area contributed by atoms with Crippen molar-refractivity contribution in [1.82, 2.24) is 0 Å². The van der Waals surface area contributed by atoms with Gasteiger partial charge in [-0.2, -0.15) is 0 Å². The number of amides is 1. The third-order valence-electron chi connectivity index (χ3n) is 6.41. The highest BCUT2D eigenvalue weighted by Gasteiger charge is 2.77. The molecule has 0 aliphatic heterocycles. The topological polar surface area (TPSA) is 63.2 Å². The van der Waals surface area contributed by atoms with Gasteiger partial charge in [0.15, 0.2) is 0 Å². The van der Waals surface area contributed by atoms with Gasteiger partial charge in [0.05, 0.1) is 0 Å². The second-order valence-corrected chi connectivity index (χ2v) is 7.85. The first-order valence-electron chi connectivity index (χ1n) is 8.05. The molecular formula is C19H23NO3. The maximum absolute atomic E-state index is 13.0. The molecule has 4 nitrogen and oxygen atoms in total. The van der Waals surface area contributed by atoms with Crippen molar-refractivity contribution in [3.63, 3.8) is 0 Å². The molecular weight excluding hydrogens is 290 g/mol. The van der Waals surface area contributed by atoms with E-state index in [9.17, 15) is 14.4 Å². The number of carbonyl (C=O) groups excluding carboxylic acids is 3. The van der Waals surface area contributed by atoms with E-state index in [-0.39, 0.29) is 11.7 Å². The van der Waals surface area contributed by atoms with Crippen molar-refractivity contribution >= 4 is 23.2 Å². The van der Waals surface area contributed by atoms with Gasteiger partial charge in [0.25, 0.3) is 0 Å². The van der Waals surface area contributed by atoms with Gasteiger partial charge in [-0.05, 0) is 55.4 Å². The summed E-state index contributed by atoms with van der Waals surface area (Å²) in [5.41, 5.74) is 0.125. The molecule has 23 heavy (non-hydrogen) atoms. The highest BCUT2D eigenvalue weighted by molar-refractivity contribution is 6.49. The number of Topliss-reactive ketones (excluding diaryl/α,β-unsaturated/α-hetero) is 2. The van der Waals surface area contributed by atoms with Crippen LogP contribution in [0.15, 0.2) is 18.2 Å². The van der Waals surface area contributed by atoms with Gasteiger partial charge in [-0.15, -0.1) is 0 Å². The maximum atomic E-state index is 13.0. The molecule has 0 radical (unpaired) electrons. The number of anilines is 1. The number of carbonyl (C=O) groups is 3. The molecule has 0 heterocycles. The molecule has 0 spiro atoms. The van der Waals surface area contributed by atoms with Gasteiger partial charge >= 0.3 is 0 Å². The molecule has 2 aliphatic rings. The minimum Gasteiger partial charge on any atom is -0.325 e. The Labute approximate surface area is 136 Å². The van der Waals surface area contributed by atoms with Crippen molar-refractivity contribution in [3.8, 4) is 0 Å². The van der Waals surface area contributed by atoms with Crippen LogP contribution in [0.3, 0.4) is 0 Å². The highest BCUT2D eigenvalue weighted by atomic mass is 16.2. The molecule has 1 amide bonds. The molecule has 122 valence electrons. The molecule has 2 unspecified atom stereocenters. The summed E-state index contributed by atoms with van der Waals surface area (Å²) in [7, 11) is 0. The quantitative estimate of drug-likeness (QED) is 0.673. The molecule has 4 heteroatoms. The first-order valence-corrected chi connectivity index (χ1v) is 8.05.